The first kappa shape index (κ1) is 17.4. The Labute approximate surface area is 159 Å². The van der Waals surface area contributed by atoms with Crippen molar-refractivity contribution < 1.29 is 14.2 Å². The van der Waals surface area contributed by atoms with Crippen molar-refractivity contribution in [2.24, 2.45) is 5.92 Å². The van der Waals surface area contributed by atoms with Gasteiger partial charge in [0.05, 0.1) is 6.54 Å². The number of imidazole rings is 1. The van der Waals surface area contributed by atoms with Gasteiger partial charge in [-0.25, -0.2) is 9.13 Å². The first-order chi connectivity index (χ1) is 13.0. The molecule has 0 spiro atoms. The lowest BCUT2D eigenvalue weighted by Crippen LogP contribution is -2.43. The van der Waals surface area contributed by atoms with Crippen LogP contribution in [-0.2, 0) is 13.1 Å². The normalized spacial score (nSPS) is 13.0. The molecular formula is C23H23N2O2+. The fraction of sp³-hybridized carbons (Fsp3) is 0.261. The van der Waals surface area contributed by atoms with Crippen LogP contribution in [0.15, 0.2) is 54.6 Å². The van der Waals surface area contributed by atoms with E-state index in [9.17, 15) is 9.59 Å². The van der Waals surface area contributed by atoms with Crippen LogP contribution in [0.5, 0.6) is 0 Å². The molecule has 0 saturated carbocycles. The van der Waals surface area contributed by atoms with E-state index >= 15 is 0 Å². The second kappa shape index (κ2) is 6.62. The van der Waals surface area contributed by atoms with Gasteiger partial charge in [-0.3, -0.25) is 9.59 Å². The maximum absolute atomic E-state index is 13.3. The molecular weight excluding hydrogens is 336 g/mol. The lowest BCUT2D eigenvalue weighted by Gasteiger charge is -2.13. The van der Waals surface area contributed by atoms with Crippen molar-refractivity contribution in [1.82, 2.24) is 4.57 Å². The lowest BCUT2D eigenvalue weighted by atomic mass is 9.89. The largest absolute Gasteiger partial charge is 0.284 e. The van der Waals surface area contributed by atoms with Crippen LogP contribution in [0.4, 0.5) is 0 Å². The van der Waals surface area contributed by atoms with Crippen molar-refractivity contribution in [3.63, 3.8) is 0 Å². The van der Waals surface area contributed by atoms with Crippen LogP contribution in [0, 0.1) is 12.8 Å². The average Bonchev–Trinajstić information content (AvgIpc) is 2.93. The zero-order chi connectivity index (χ0) is 19.1. The highest BCUT2D eigenvalue weighted by Crippen LogP contribution is 2.27. The van der Waals surface area contributed by atoms with Crippen molar-refractivity contribution >= 4 is 11.6 Å². The molecule has 0 bridgehead atoms. The third-order valence-electron chi connectivity index (χ3n) is 5.12. The SMILES string of the molecule is Cc1n(CC(C)C)c2c([n+]1Cc1ccccc1)C(=O)c1ccccc1C2=O. The summed E-state index contributed by atoms with van der Waals surface area (Å²) in [6.07, 6.45) is 0. The van der Waals surface area contributed by atoms with E-state index in [4.69, 9.17) is 0 Å². The Hall–Kier alpha value is -3.01. The molecule has 4 nitrogen and oxygen atoms in total. The van der Waals surface area contributed by atoms with Crippen LogP contribution in [-0.4, -0.2) is 16.1 Å². The molecule has 1 aromatic heterocycles. The number of hydrogen-bond donors (Lipinski definition) is 0. The fourth-order valence-electron chi connectivity index (χ4n) is 3.87. The molecule has 2 aromatic carbocycles. The molecule has 136 valence electrons. The summed E-state index contributed by atoms with van der Waals surface area (Å²) in [5.41, 5.74) is 3.15. The molecule has 1 aliphatic rings. The Morgan fingerprint density at radius 2 is 1.48 bits per heavy atom. The zero-order valence-corrected chi connectivity index (χ0v) is 15.9. The number of hydrogen-bond acceptors (Lipinski definition) is 2. The molecule has 4 heteroatoms. The highest BCUT2D eigenvalue weighted by molar-refractivity contribution is 6.26. The predicted octanol–water partition coefficient (Wildman–Crippen LogP) is 3.56. The van der Waals surface area contributed by atoms with Crippen molar-refractivity contribution in [2.75, 3.05) is 0 Å². The van der Waals surface area contributed by atoms with E-state index in [1.807, 2.05) is 58.5 Å². The number of nitrogens with zero attached hydrogens (tertiary/aromatic N) is 2. The monoisotopic (exact) mass is 359 g/mol. The number of ketones is 2. The Bertz CT molecular complexity index is 1050. The maximum atomic E-state index is 13.3. The topological polar surface area (TPSA) is 43.0 Å². The Morgan fingerprint density at radius 3 is 2.11 bits per heavy atom. The van der Waals surface area contributed by atoms with Crippen LogP contribution in [0.1, 0.15) is 57.3 Å². The number of carbonyl (C=O) groups excluding carboxylic acids is 2. The molecule has 0 aliphatic heterocycles. The van der Waals surface area contributed by atoms with Gasteiger partial charge in [0.15, 0.2) is 0 Å². The van der Waals surface area contributed by atoms with E-state index in [-0.39, 0.29) is 11.6 Å². The molecule has 3 aromatic rings. The fourth-order valence-corrected chi connectivity index (χ4v) is 3.87. The summed E-state index contributed by atoms with van der Waals surface area (Å²) in [7, 11) is 0. The zero-order valence-electron chi connectivity index (χ0n) is 15.9. The van der Waals surface area contributed by atoms with Crippen molar-refractivity contribution in [2.45, 2.75) is 33.9 Å². The van der Waals surface area contributed by atoms with Crippen LogP contribution in [0.25, 0.3) is 0 Å². The number of fused-ring (bicyclic) bond motifs is 2. The molecule has 27 heavy (non-hydrogen) atoms. The van der Waals surface area contributed by atoms with E-state index in [0.29, 0.717) is 41.5 Å². The van der Waals surface area contributed by atoms with Gasteiger partial charge in [0.1, 0.15) is 6.54 Å². The molecule has 0 atom stereocenters. The second-order valence-electron chi connectivity index (χ2n) is 7.52. The van der Waals surface area contributed by atoms with Gasteiger partial charge in [-0.05, 0) is 11.5 Å². The van der Waals surface area contributed by atoms with Crippen LogP contribution in [0.3, 0.4) is 0 Å². The van der Waals surface area contributed by atoms with Gasteiger partial charge < -0.3 is 0 Å². The predicted molar refractivity (Wildman–Crippen MR) is 103 cm³/mol. The van der Waals surface area contributed by atoms with Gasteiger partial charge in [0.25, 0.3) is 5.82 Å². The third-order valence-corrected chi connectivity index (χ3v) is 5.12. The summed E-state index contributed by atoms with van der Waals surface area (Å²) < 4.78 is 4.03. The first-order valence-electron chi connectivity index (χ1n) is 9.34. The smallest absolute Gasteiger partial charge is 0.254 e. The summed E-state index contributed by atoms with van der Waals surface area (Å²) in [4.78, 5) is 26.6. The maximum Gasteiger partial charge on any atom is 0.254 e. The van der Waals surface area contributed by atoms with Crippen LogP contribution in [0.2, 0.25) is 0 Å². The Morgan fingerprint density at radius 1 is 0.889 bits per heavy atom. The molecule has 0 radical (unpaired) electrons. The number of carbonyl (C=O) groups is 2. The second-order valence-corrected chi connectivity index (χ2v) is 7.52. The van der Waals surface area contributed by atoms with E-state index < -0.39 is 0 Å². The minimum Gasteiger partial charge on any atom is -0.284 e. The Balaban J connectivity index is 1.95. The van der Waals surface area contributed by atoms with Gasteiger partial charge in [-0.1, -0.05) is 68.4 Å². The lowest BCUT2D eigenvalue weighted by molar-refractivity contribution is -0.695. The number of benzene rings is 2. The molecule has 1 heterocycles. The molecule has 0 N–H and O–H groups in total. The molecule has 0 fully saturated rings. The number of aromatic nitrogens is 2. The quantitative estimate of drug-likeness (QED) is 0.523. The van der Waals surface area contributed by atoms with Crippen LogP contribution < -0.4 is 4.57 Å². The molecule has 0 saturated heterocycles. The van der Waals surface area contributed by atoms with Gasteiger partial charge >= 0.3 is 0 Å². The highest BCUT2D eigenvalue weighted by atomic mass is 16.1. The standard InChI is InChI=1S/C23H23N2O2/c1-15(2)13-24-16(3)25(14-17-9-5-4-6-10-17)21-20(24)22(26)18-11-7-8-12-19(18)23(21)27/h4-12,15H,13-14H2,1-3H3/q+1. The number of rotatable bonds is 4. The van der Waals surface area contributed by atoms with Gasteiger partial charge in [0, 0.05) is 18.1 Å². The minimum atomic E-state index is -0.0678. The van der Waals surface area contributed by atoms with E-state index in [1.54, 1.807) is 12.1 Å². The summed E-state index contributed by atoms with van der Waals surface area (Å²) in [6, 6.07) is 17.2. The Kier molecular flexibility index (Phi) is 4.27. The highest BCUT2D eigenvalue weighted by Gasteiger charge is 2.42. The van der Waals surface area contributed by atoms with Gasteiger partial charge in [-0.15, -0.1) is 0 Å². The van der Waals surface area contributed by atoms with Crippen molar-refractivity contribution in [3.8, 4) is 0 Å². The minimum absolute atomic E-state index is 0.0595. The molecule has 4 rings (SSSR count). The van der Waals surface area contributed by atoms with E-state index in [2.05, 4.69) is 13.8 Å². The van der Waals surface area contributed by atoms with E-state index in [0.717, 1.165) is 11.4 Å². The van der Waals surface area contributed by atoms with Crippen molar-refractivity contribution in [1.29, 1.82) is 0 Å². The van der Waals surface area contributed by atoms with Gasteiger partial charge in [-0.2, -0.15) is 0 Å². The molecule has 0 unspecified atom stereocenters. The average molecular weight is 359 g/mol. The van der Waals surface area contributed by atoms with E-state index in [1.165, 1.54) is 0 Å². The van der Waals surface area contributed by atoms with Crippen LogP contribution >= 0.6 is 0 Å². The molecule has 1 aliphatic carbocycles. The van der Waals surface area contributed by atoms with Crippen molar-refractivity contribution in [3.05, 3.63) is 88.5 Å². The molecule has 0 amide bonds. The summed E-state index contributed by atoms with van der Waals surface area (Å²) in [5, 5.41) is 0. The summed E-state index contributed by atoms with van der Waals surface area (Å²) in [6.45, 7) is 7.51. The summed E-state index contributed by atoms with van der Waals surface area (Å²) >= 11 is 0. The third kappa shape index (κ3) is 2.81. The summed E-state index contributed by atoms with van der Waals surface area (Å²) in [5.74, 6) is 1.18. The first-order valence-corrected chi connectivity index (χ1v) is 9.34. The van der Waals surface area contributed by atoms with Gasteiger partial charge in [0.2, 0.25) is 23.0 Å².